The van der Waals surface area contributed by atoms with Gasteiger partial charge in [0.05, 0.1) is 17.1 Å². The predicted octanol–water partition coefficient (Wildman–Crippen LogP) is 4.65. The third-order valence-corrected chi connectivity index (χ3v) is 6.48. The molecule has 0 radical (unpaired) electrons. The van der Waals surface area contributed by atoms with Crippen LogP contribution in [-0.4, -0.2) is 28.7 Å². The lowest BCUT2D eigenvalue weighted by Gasteiger charge is -2.23. The molecule has 4 aromatic rings. The highest BCUT2D eigenvalue weighted by Gasteiger charge is 2.34. The lowest BCUT2D eigenvalue weighted by Crippen LogP contribution is -2.33. The summed E-state index contributed by atoms with van der Waals surface area (Å²) in [4.78, 5) is 18.1. The minimum absolute atomic E-state index is 0.0547. The van der Waals surface area contributed by atoms with Crippen LogP contribution in [0.2, 0.25) is 0 Å². The summed E-state index contributed by atoms with van der Waals surface area (Å²) in [6.07, 6.45) is 2.20. The van der Waals surface area contributed by atoms with Gasteiger partial charge in [-0.05, 0) is 60.7 Å². The van der Waals surface area contributed by atoms with Crippen LogP contribution in [0.5, 0.6) is 17.2 Å². The number of ether oxygens (including phenoxy) is 3. The van der Waals surface area contributed by atoms with E-state index >= 15 is 0 Å². The molecule has 6 rings (SSSR count). The molecule has 2 heterocycles. The summed E-state index contributed by atoms with van der Waals surface area (Å²) in [5, 5.41) is 3.28. The zero-order valence-electron chi connectivity index (χ0n) is 19.4. The van der Waals surface area contributed by atoms with E-state index in [-0.39, 0.29) is 25.1 Å². The maximum absolute atomic E-state index is 13.3. The molecular formula is C28H27N3O4. The molecule has 1 atom stereocenters. The summed E-state index contributed by atoms with van der Waals surface area (Å²) in [6, 6.07) is 23.4. The van der Waals surface area contributed by atoms with E-state index in [0.717, 1.165) is 46.7 Å². The topological polar surface area (TPSA) is 74.6 Å². The maximum Gasteiger partial charge on any atom is 0.240 e. The van der Waals surface area contributed by atoms with Crippen molar-refractivity contribution < 1.29 is 19.0 Å². The number of para-hydroxylation sites is 3. The normalized spacial score (nSPS) is 15.5. The number of carbonyl (C=O) groups excluding carboxylic acids is 1. The van der Waals surface area contributed by atoms with E-state index in [1.165, 1.54) is 0 Å². The molecule has 7 nitrogen and oxygen atoms in total. The monoisotopic (exact) mass is 469 g/mol. The summed E-state index contributed by atoms with van der Waals surface area (Å²) in [6.45, 7) is 1.55. The van der Waals surface area contributed by atoms with E-state index in [1.807, 2.05) is 77.4 Å². The van der Waals surface area contributed by atoms with Crippen molar-refractivity contribution in [3.05, 3.63) is 84.2 Å². The molecule has 1 unspecified atom stereocenters. The summed E-state index contributed by atoms with van der Waals surface area (Å²) >= 11 is 0. The Morgan fingerprint density at radius 2 is 1.77 bits per heavy atom. The molecule has 0 spiro atoms. The van der Waals surface area contributed by atoms with Crippen LogP contribution < -0.4 is 19.5 Å². The number of benzene rings is 3. The van der Waals surface area contributed by atoms with Crippen LogP contribution in [0, 0.1) is 5.92 Å². The summed E-state index contributed by atoms with van der Waals surface area (Å²) in [7, 11) is 0. The van der Waals surface area contributed by atoms with Crippen LogP contribution in [-0.2, 0) is 17.9 Å². The second-order valence-electron chi connectivity index (χ2n) is 8.99. The molecule has 0 saturated heterocycles. The van der Waals surface area contributed by atoms with E-state index in [4.69, 9.17) is 19.2 Å². The van der Waals surface area contributed by atoms with Gasteiger partial charge in [0.2, 0.25) is 5.91 Å². The highest BCUT2D eigenvalue weighted by atomic mass is 16.6. The molecule has 1 saturated carbocycles. The average molecular weight is 470 g/mol. The van der Waals surface area contributed by atoms with Crippen molar-refractivity contribution in [1.82, 2.24) is 14.9 Å². The minimum atomic E-state index is -0.0582. The molecule has 1 N–H and O–H groups in total. The lowest BCUT2D eigenvalue weighted by molar-refractivity contribution is -0.122. The van der Waals surface area contributed by atoms with E-state index in [2.05, 4.69) is 5.32 Å². The molecule has 7 heteroatoms. The van der Waals surface area contributed by atoms with Crippen molar-refractivity contribution in [2.24, 2.45) is 5.92 Å². The number of aromatic nitrogens is 2. The third kappa shape index (κ3) is 4.67. The van der Waals surface area contributed by atoms with Gasteiger partial charge in [-0.25, -0.2) is 4.98 Å². The van der Waals surface area contributed by atoms with Gasteiger partial charge in [-0.2, -0.15) is 0 Å². The molecule has 1 fully saturated rings. The first-order chi connectivity index (χ1) is 17.2. The first kappa shape index (κ1) is 21.5. The molecule has 178 valence electrons. The Morgan fingerprint density at radius 1 is 1.00 bits per heavy atom. The molecule has 1 aromatic heterocycles. The summed E-state index contributed by atoms with van der Waals surface area (Å²) in [5.41, 5.74) is 2.81. The molecule has 0 bridgehead atoms. The Balaban J connectivity index is 1.22. The standard InChI is InChI=1S/C28H27N3O4/c32-27(30-28(19-10-11-19)20-12-13-24-25(16-20)34-15-14-33-24)17-31-23-9-5-4-8-22(23)29-26(31)18-35-21-6-2-1-3-7-21/h1-9,12-13,16,19,28H,10-11,14-15,17-18H2,(H,30,32). The molecule has 3 aromatic carbocycles. The van der Waals surface area contributed by atoms with Crippen LogP contribution in [0.3, 0.4) is 0 Å². The number of nitrogens with zero attached hydrogens (tertiary/aromatic N) is 2. The van der Waals surface area contributed by atoms with Gasteiger partial charge in [0.15, 0.2) is 11.5 Å². The minimum Gasteiger partial charge on any atom is -0.486 e. The fraction of sp³-hybridized carbons (Fsp3) is 0.286. The van der Waals surface area contributed by atoms with Gasteiger partial charge >= 0.3 is 0 Å². The predicted molar refractivity (Wildman–Crippen MR) is 132 cm³/mol. The van der Waals surface area contributed by atoms with Crippen molar-refractivity contribution in [3.63, 3.8) is 0 Å². The van der Waals surface area contributed by atoms with Gasteiger partial charge < -0.3 is 24.1 Å². The quantitative estimate of drug-likeness (QED) is 0.407. The van der Waals surface area contributed by atoms with E-state index in [0.29, 0.717) is 25.0 Å². The number of amides is 1. The third-order valence-electron chi connectivity index (χ3n) is 6.48. The van der Waals surface area contributed by atoms with Gasteiger partial charge in [0, 0.05) is 0 Å². The van der Waals surface area contributed by atoms with Crippen molar-refractivity contribution >= 4 is 16.9 Å². The fourth-order valence-electron chi connectivity index (χ4n) is 4.60. The van der Waals surface area contributed by atoms with Crippen molar-refractivity contribution in [3.8, 4) is 17.2 Å². The molecule has 1 aliphatic heterocycles. The second kappa shape index (κ2) is 9.33. The zero-order chi connectivity index (χ0) is 23.6. The van der Waals surface area contributed by atoms with Crippen LogP contribution in [0.1, 0.15) is 30.3 Å². The van der Waals surface area contributed by atoms with Crippen LogP contribution >= 0.6 is 0 Å². The van der Waals surface area contributed by atoms with Crippen molar-refractivity contribution in [2.75, 3.05) is 13.2 Å². The highest BCUT2D eigenvalue weighted by Crippen LogP contribution is 2.43. The van der Waals surface area contributed by atoms with Gasteiger partial charge in [0.1, 0.15) is 37.9 Å². The first-order valence-electron chi connectivity index (χ1n) is 12.1. The number of nitrogens with one attached hydrogen (secondary N) is 1. The first-order valence-corrected chi connectivity index (χ1v) is 12.1. The Bertz CT molecular complexity index is 1350. The Morgan fingerprint density at radius 3 is 2.60 bits per heavy atom. The summed E-state index contributed by atoms with van der Waals surface area (Å²) < 4.78 is 19.3. The van der Waals surface area contributed by atoms with Crippen LogP contribution in [0.15, 0.2) is 72.8 Å². The highest BCUT2D eigenvalue weighted by molar-refractivity contribution is 5.81. The molecule has 2 aliphatic rings. The number of imidazole rings is 1. The van der Waals surface area contributed by atoms with Crippen molar-refractivity contribution in [1.29, 1.82) is 0 Å². The van der Waals surface area contributed by atoms with Crippen molar-refractivity contribution in [2.45, 2.75) is 32.0 Å². The second-order valence-corrected chi connectivity index (χ2v) is 8.99. The van der Waals surface area contributed by atoms with E-state index in [9.17, 15) is 4.79 Å². The van der Waals surface area contributed by atoms with Gasteiger partial charge in [0.25, 0.3) is 0 Å². The number of carbonyl (C=O) groups is 1. The Kier molecular flexibility index (Phi) is 5.74. The largest absolute Gasteiger partial charge is 0.486 e. The smallest absolute Gasteiger partial charge is 0.240 e. The number of fused-ring (bicyclic) bond motifs is 2. The SMILES string of the molecule is O=C(Cn1c(COc2ccccc2)nc2ccccc21)NC(c1ccc2c(c1)OCCO2)C1CC1. The van der Waals surface area contributed by atoms with Gasteiger partial charge in [-0.3, -0.25) is 4.79 Å². The van der Waals surface area contributed by atoms with Crippen LogP contribution in [0.4, 0.5) is 0 Å². The van der Waals surface area contributed by atoms with E-state index < -0.39 is 0 Å². The van der Waals surface area contributed by atoms with Gasteiger partial charge in [-0.15, -0.1) is 0 Å². The van der Waals surface area contributed by atoms with Crippen LogP contribution in [0.25, 0.3) is 11.0 Å². The zero-order valence-corrected chi connectivity index (χ0v) is 19.4. The van der Waals surface area contributed by atoms with E-state index in [1.54, 1.807) is 0 Å². The fourth-order valence-corrected chi connectivity index (χ4v) is 4.60. The number of hydrogen-bond donors (Lipinski definition) is 1. The van der Waals surface area contributed by atoms with Gasteiger partial charge in [-0.1, -0.05) is 36.4 Å². The Hall–Kier alpha value is -4.00. The molecule has 35 heavy (non-hydrogen) atoms. The number of rotatable bonds is 8. The molecule has 1 amide bonds. The molecular weight excluding hydrogens is 442 g/mol. The number of hydrogen-bond acceptors (Lipinski definition) is 5. The average Bonchev–Trinajstić information content (AvgIpc) is 3.69. The lowest BCUT2D eigenvalue weighted by atomic mass is 10.0. The maximum atomic E-state index is 13.3. The summed E-state index contributed by atoms with van der Waals surface area (Å²) in [5.74, 6) is 3.36. The molecule has 1 aliphatic carbocycles. The Labute approximate surface area is 203 Å².